The Morgan fingerprint density at radius 1 is 1.36 bits per heavy atom. The van der Waals surface area contributed by atoms with Crippen LogP contribution in [0, 0.1) is 11.8 Å². The molecule has 0 aromatic carbocycles. The summed E-state index contributed by atoms with van der Waals surface area (Å²) in [5.74, 6) is 1.71. The van der Waals surface area contributed by atoms with E-state index in [2.05, 4.69) is 6.92 Å². The largest absolute Gasteiger partial charge is 0.396 e. The van der Waals surface area contributed by atoms with Crippen molar-refractivity contribution < 1.29 is 13.5 Å². The van der Waals surface area contributed by atoms with Gasteiger partial charge in [0, 0.05) is 6.61 Å². The summed E-state index contributed by atoms with van der Waals surface area (Å²) in [6.45, 7) is 2.34. The zero-order valence-electron chi connectivity index (χ0n) is 8.78. The van der Waals surface area contributed by atoms with Crippen LogP contribution in [0.2, 0.25) is 0 Å². The van der Waals surface area contributed by atoms with Crippen molar-refractivity contribution >= 4 is 9.84 Å². The molecule has 0 amide bonds. The molecule has 4 heteroatoms. The lowest BCUT2D eigenvalue weighted by Gasteiger charge is -2.29. The van der Waals surface area contributed by atoms with E-state index in [4.69, 9.17) is 5.11 Å². The molecule has 0 spiro atoms. The van der Waals surface area contributed by atoms with Gasteiger partial charge >= 0.3 is 0 Å². The molecular formula is C10H20O3S. The Kier molecular flexibility index (Phi) is 4.38. The lowest BCUT2D eigenvalue weighted by atomic mass is 9.83. The molecular weight excluding hydrogens is 200 g/mol. The lowest BCUT2D eigenvalue weighted by Crippen LogP contribution is -2.28. The molecule has 0 radical (unpaired) electrons. The van der Waals surface area contributed by atoms with Gasteiger partial charge in [0.15, 0.2) is 0 Å². The third-order valence-electron chi connectivity index (χ3n) is 3.29. The van der Waals surface area contributed by atoms with Crippen molar-refractivity contribution in [2.75, 3.05) is 18.1 Å². The zero-order chi connectivity index (χ0) is 10.6. The number of rotatable bonds is 4. The third-order valence-corrected chi connectivity index (χ3v) is 5.01. The average molecular weight is 220 g/mol. The van der Waals surface area contributed by atoms with Crippen molar-refractivity contribution in [3.8, 4) is 0 Å². The summed E-state index contributed by atoms with van der Waals surface area (Å²) >= 11 is 0. The van der Waals surface area contributed by atoms with Crippen LogP contribution in [-0.4, -0.2) is 31.6 Å². The van der Waals surface area contributed by atoms with Gasteiger partial charge < -0.3 is 5.11 Å². The minimum absolute atomic E-state index is 0.224. The van der Waals surface area contributed by atoms with Crippen molar-refractivity contribution in [3.63, 3.8) is 0 Å². The van der Waals surface area contributed by atoms with E-state index < -0.39 is 9.84 Å². The van der Waals surface area contributed by atoms with Crippen LogP contribution < -0.4 is 0 Å². The van der Waals surface area contributed by atoms with E-state index in [0.29, 0.717) is 23.3 Å². The molecule has 0 aromatic rings. The molecule has 1 rings (SSSR count). The second kappa shape index (κ2) is 5.12. The maximum atomic E-state index is 11.2. The molecule has 1 aliphatic heterocycles. The molecule has 1 fully saturated rings. The molecule has 0 aromatic heterocycles. The van der Waals surface area contributed by atoms with Gasteiger partial charge in [0.05, 0.1) is 11.5 Å². The van der Waals surface area contributed by atoms with E-state index in [-0.39, 0.29) is 6.61 Å². The smallest absolute Gasteiger partial charge is 0.150 e. The van der Waals surface area contributed by atoms with Gasteiger partial charge in [-0.3, -0.25) is 0 Å². The Bertz CT molecular complexity index is 245. The minimum Gasteiger partial charge on any atom is -0.396 e. The van der Waals surface area contributed by atoms with Gasteiger partial charge in [0.1, 0.15) is 9.84 Å². The van der Waals surface area contributed by atoms with Crippen LogP contribution in [0.3, 0.4) is 0 Å². The van der Waals surface area contributed by atoms with E-state index in [0.717, 1.165) is 25.7 Å². The number of aliphatic hydroxyl groups is 1. The molecule has 0 aliphatic carbocycles. The monoisotopic (exact) mass is 220 g/mol. The van der Waals surface area contributed by atoms with E-state index in [1.54, 1.807) is 0 Å². The van der Waals surface area contributed by atoms with Crippen LogP contribution >= 0.6 is 0 Å². The highest BCUT2D eigenvalue weighted by Gasteiger charge is 2.28. The van der Waals surface area contributed by atoms with Crippen LogP contribution in [0.25, 0.3) is 0 Å². The summed E-state index contributed by atoms with van der Waals surface area (Å²) in [7, 11) is -2.73. The average Bonchev–Trinajstić information content (AvgIpc) is 2.15. The predicted molar refractivity (Wildman–Crippen MR) is 56.9 cm³/mol. The Balaban J connectivity index is 2.47. The summed E-state index contributed by atoms with van der Waals surface area (Å²) in [5.41, 5.74) is 0. The first-order valence-electron chi connectivity index (χ1n) is 5.40. The van der Waals surface area contributed by atoms with Crippen LogP contribution in [-0.2, 0) is 9.84 Å². The van der Waals surface area contributed by atoms with Gasteiger partial charge in [0.2, 0.25) is 0 Å². The highest BCUT2D eigenvalue weighted by Crippen LogP contribution is 2.30. The number of aliphatic hydroxyl groups excluding tert-OH is 1. The zero-order valence-corrected chi connectivity index (χ0v) is 9.59. The van der Waals surface area contributed by atoms with Crippen molar-refractivity contribution in [3.05, 3.63) is 0 Å². The first-order valence-corrected chi connectivity index (χ1v) is 7.22. The fraction of sp³-hybridized carbons (Fsp3) is 1.00. The maximum absolute atomic E-state index is 11.2. The van der Waals surface area contributed by atoms with Crippen molar-refractivity contribution in [2.45, 2.75) is 32.6 Å². The van der Waals surface area contributed by atoms with Crippen molar-refractivity contribution in [1.82, 2.24) is 0 Å². The summed E-state index contributed by atoms with van der Waals surface area (Å²) in [4.78, 5) is 0. The Morgan fingerprint density at radius 2 is 1.93 bits per heavy atom. The highest BCUT2D eigenvalue weighted by atomic mass is 32.2. The van der Waals surface area contributed by atoms with Gasteiger partial charge in [-0.15, -0.1) is 0 Å². The van der Waals surface area contributed by atoms with Crippen molar-refractivity contribution in [1.29, 1.82) is 0 Å². The van der Waals surface area contributed by atoms with Crippen LogP contribution in [0.15, 0.2) is 0 Å². The molecule has 14 heavy (non-hydrogen) atoms. The molecule has 1 atom stereocenters. The second-order valence-corrected chi connectivity index (χ2v) is 6.47. The Morgan fingerprint density at radius 3 is 2.36 bits per heavy atom. The summed E-state index contributed by atoms with van der Waals surface area (Å²) in [6, 6.07) is 0. The molecule has 3 nitrogen and oxygen atoms in total. The van der Waals surface area contributed by atoms with Gasteiger partial charge in [0.25, 0.3) is 0 Å². The molecule has 1 unspecified atom stereocenters. The van der Waals surface area contributed by atoms with Crippen LogP contribution in [0.4, 0.5) is 0 Å². The Labute approximate surface area is 86.4 Å². The normalized spacial score (nSPS) is 24.7. The molecule has 84 valence electrons. The fourth-order valence-electron chi connectivity index (χ4n) is 2.32. The van der Waals surface area contributed by atoms with E-state index in [1.165, 1.54) is 0 Å². The molecule has 1 saturated heterocycles. The lowest BCUT2D eigenvalue weighted by molar-refractivity contribution is 0.206. The predicted octanol–water partition coefficient (Wildman–Crippen LogP) is 1.22. The molecule has 1 aliphatic rings. The number of hydrogen-bond acceptors (Lipinski definition) is 3. The standard InChI is InChI=1S/C10H20O3S/c1-2-9(3-6-11)10-4-7-14(12,13)8-5-10/h9-11H,2-8H2,1H3. The van der Waals surface area contributed by atoms with Gasteiger partial charge in [-0.05, 0) is 31.1 Å². The Hall–Kier alpha value is -0.0900. The van der Waals surface area contributed by atoms with Gasteiger partial charge in [-0.25, -0.2) is 8.42 Å². The topological polar surface area (TPSA) is 54.4 Å². The number of hydrogen-bond donors (Lipinski definition) is 1. The first-order chi connectivity index (χ1) is 6.59. The van der Waals surface area contributed by atoms with Gasteiger partial charge in [-0.1, -0.05) is 13.3 Å². The minimum atomic E-state index is -2.73. The summed E-state index contributed by atoms with van der Waals surface area (Å²) in [5, 5.41) is 8.88. The number of sulfone groups is 1. The third kappa shape index (κ3) is 3.24. The fourth-order valence-corrected chi connectivity index (χ4v) is 3.85. The van der Waals surface area contributed by atoms with E-state index in [1.807, 2.05) is 0 Å². The maximum Gasteiger partial charge on any atom is 0.150 e. The van der Waals surface area contributed by atoms with Crippen LogP contribution in [0.1, 0.15) is 32.6 Å². The van der Waals surface area contributed by atoms with E-state index in [9.17, 15) is 8.42 Å². The highest BCUT2D eigenvalue weighted by molar-refractivity contribution is 7.91. The van der Waals surface area contributed by atoms with Crippen LogP contribution in [0.5, 0.6) is 0 Å². The van der Waals surface area contributed by atoms with Crippen molar-refractivity contribution in [2.24, 2.45) is 11.8 Å². The van der Waals surface area contributed by atoms with E-state index >= 15 is 0 Å². The molecule has 1 heterocycles. The van der Waals surface area contributed by atoms with Gasteiger partial charge in [-0.2, -0.15) is 0 Å². The first kappa shape index (κ1) is 12.0. The molecule has 1 N–H and O–H groups in total. The molecule has 0 saturated carbocycles. The SMILES string of the molecule is CCC(CCO)C1CCS(=O)(=O)CC1. The quantitative estimate of drug-likeness (QED) is 0.775. The second-order valence-electron chi connectivity index (χ2n) is 4.17. The summed E-state index contributed by atoms with van der Waals surface area (Å²) in [6.07, 6.45) is 3.45. The summed E-state index contributed by atoms with van der Waals surface area (Å²) < 4.78 is 22.4. The molecule has 0 bridgehead atoms.